The van der Waals surface area contributed by atoms with Gasteiger partial charge in [-0.25, -0.2) is 4.39 Å². The van der Waals surface area contributed by atoms with Gasteiger partial charge in [-0.2, -0.15) is 0 Å². The smallest absolute Gasteiger partial charge is 0.127 e. The molecular formula is C12H15BrFN. The molecule has 1 aliphatic heterocycles. The average Bonchev–Trinajstić information content (AvgIpc) is 2.16. The Morgan fingerprint density at radius 2 is 2.20 bits per heavy atom. The lowest BCUT2D eigenvalue weighted by atomic mass is 9.88. The minimum absolute atomic E-state index is 0.0773. The van der Waals surface area contributed by atoms with Crippen molar-refractivity contribution in [1.29, 1.82) is 0 Å². The molecule has 1 unspecified atom stereocenters. The van der Waals surface area contributed by atoms with Gasteiger partial charge >= 0.3 is 0 Å². The molecule has 1 heterocycles. The number of hydrogen-bond donors (Lipinski definition) is 1. The van der Waals surface area contributed by atoms with Crippen LogP contribution in [0, 0.1) is 11.7 Å². The first-order valence-electron chi connectivity index (χ1n) is 5.31. The van der Waals surface area contributed by atoms with Crippen LogP contribution in [0.2, 0.25) is 0 Å². The quantitative estimate of drug-likeness (QED) is 0.825. The zero-order chi connectivity index (χ0) is 11.0. The third-order valence-electron chi connectivity index (χ3n) is 2.94. The highest BCUT2D eigenvalue weighted by Crippen LogP contribution is 2.32. The zero-order valence-corrected chi connectivity index (χ0v) is 10.6. The Bertz CT molecular complexity index is 376. The predicted octanol–water partition coefficient (Wildman–Crippen LogP) is 3.43. The number of nitrogens with one attached hydrogen (secondary N) is 1. The van der Waals surface area contributed by atoms with Crippen LogP contribution >= 0.6 is 15.9 Å². The fourth-order valence-electron chi connectivity index (χ4n) is 2.22. The highest BCUT2D eigenvalue weighted by Gasteiger charge is 2.24. The van der Waals surface area contributed by atoms with E-state index < -0.39 is 0 Å². The Kier molecular flexibility index (Phi) is 3.12. The first-order valence-corrected chi connectivity index (χ1v) is 6.10. The van der Waals surface area contributed by atoms with Crippen molar-refractivity contribution in [3.05, 3.63) is 33.5 Å². The number of benzene rings is 1. The third-order valence-corrected chi connectivity index (χ3v) is 3.39. The van der Waals surface area contributed by atoms with Gasteiger partial charge in [0.2, 0.25) is 0 Å². The van der Waals surface area contributed by atoms with Gasteiger partial charge in [0.1, 0.15) is 5.82 Å². The van der Waals surface area contributed by atoms with E-state index in [1.54, 1.807) is 6.07 Å². The van der Waals surface area contributed by atoms with Crippen LogP contribution in [0.25, 0.3) is 0 Å². The normalized spacial score (nSPS) is 20.5. The predicted molar refractivity (Wildman–Crippen MR) is 63.4 cm³/mol. The molecule has 82 valence electrons. The molecular weight excluding hydrogens is 257 g/mol. The fraction of sp³-hybridized carbons (Fsp3) is 0.500. The molecule has 0 spiro atoms. The highest BCUT2D eigenvalue weighted by atomic mass is 79.9. The maximum Gasteiger partial charge on any atom is 0.127 e. The van der Waals surface area contributed by atoms with Gasteiger partial charge in [-0.1, -0.05) is 29.8 Å². The maximum atomic E-state index is 13.7. The van der Waals surface area contributed by atoms with Gasteiger partial charge in [0, 0.05) is 10.5 Å². The highest BCUT2D eigenvalue weighted by molar-refractivity contribution is 9.10. The van der Waals surface area contributed by atoms with Gasteiger partial charge in [-0.3, -0.25) is 0 Å². The lowest BCUT2D eigenvalue weighted by Crippen LogP contribution is -2.33. The monoisotopic (exact) mass is 271 g/mol. The van der Waals surface area contributed by atoms with Crippen molar-refractivity contribution in [2.24, 2.45) is 5.92 Å². The van der Waals surface area contributed by atoms with E-state index >= 15 is 0 Å². The van der Waals surface area contributed by atoms with Gasteiger partial charge in [-0.15, -0.1) is 0 Å². The van der Waals surface area contributed by atoms with E-state index in [4.69, 9.17) is 0 Å². The summed E-state index contributed by atoms with van der Waals surface area (Å²) >= 11 is 3.35. The van der Waals surface area contributed by atoms with Crippen LogP contribution < -0.4 is 5.32 Å². The number of hydrogen-bond acceptors (Lipinski definition) is 1. The summed E-state index contributed by atoms with van der Waals surface area (Å²) in [6, 6.07) is 3.87. The first-order chi connectivity index (χ1) is 7.09. The van der Waals surface area contributed by atoms with Crippen LogP contribution in [0.4, 0.5) is 4.39 Å². The number of fused-ring (bicyclic) bond motifs is 1. The summed E-state index contributed by atoms with van der Waals surface area (Å²) in [5.74, 6) is 0.407. The summed E-state index contributed by atoms with van der Waals surface area (Å²) in [5.41, 5.74) is 2.00. The molecule has 0 fully saturated rings. The van der Waals surface area contributed by atoms with E-state index in [1.807, 2.05) is 6.07 Å². The minimum Gasteiger partial charge on any atom is -0.309 e. The molecule has 1 nitrogen and oxygen atoms in total. The Morgan fingerprint density at radius 1 is 1.47 bits per heavy atom. The van der Waals surface area contributed by atoms with Crippen LogP contribution in [0.3, 0.4) is 0 Å². The molecule has 0 aliphatic carbocycles. The van der Waals surface area contributed by atoms with Crippen LogP contribution in [0.15, 0.2) is 16.6 Å². The average molecular weight is 272 g/mol. The van der Waals surface area contributed by atoms with Crippen molar-refractivity contribution in [1.82, 2.24) is 5.32 Å². The van der Waals surface area contributed by atoms with Gasteiger partial charge in [0.05, 0.1) is 0 Å². The standard InChI is InChI=1S/C12H15BrFN/c1-7(2)12-10-5-8(13)6-11(14)9(10)3-4-15-12/h5-7,12,15H,3-4H2,1-2H3. The van der Waals surface area contributed by atoms with Crippen molar-refractivity contribution in [3.63, 3.8) is 0 Å². The summed E-state index contributed by atoms with van der Waals surface area (Å²) in [4.78, 5) is 0. The van der Waals surface area contributed by atoms with Gasteiger partial charge in [0.15, 0.2) is 0 Å². The lowest BCUT2D eigenvalue weighted by molar-refractivity contribution is 0.389. The minimum atomic E-state index is -0.0773. The second kappa shape index (κ2) is 4.22. The third kappa shape index (κ3) is 2.08. The topological polar surface area (TPSA) is 12.0 Å². The van der Waals surface area contributed by atoms with Crippen molar-refractivity contribution in [2.45, 2.75) is 26.3 Å². The second-order valence-electron chi connectivity index (χ2n) is 4.38. The molecule has 0 saturated heterocycles. The van der Waals surface area contributed by atoms with Gasteiger partial charge in [-0.05, 0) is 42.1 Å². The molecule has 1 atom stereocenters. The van der Waals surface area contributed by atoms with Gasteiger partial charge < -0.3 is 5.32 Å². The molecule has 0 saturated carbocycles. The van der Waals surface area contributed by atoms with Crippen molar-refractivity contribution < 1.29 is 4.39 Å². The molecule has 1 aromatic carbocycles. The molecule has 0 radical (unpaired) electrons. The number of halogens is 2. The van der Waals surface area contributed by atoms with E-state index in [0.29, 0.717) is 5.92 Å². The maximum absolute atomic E-state index is 13.7. The van der Waals surface area contributed by atoms with E-state index in [-0.39, 0.29) is 11.9 Å². The Morgan fingerprint density at radius 3 is 2.87 bits per heavy atom. The molecule has 1 aliphatic rings. The largest absolute Gasteiger partial charge is 0.309 e. The molecule has 2 rings (SSSR count). The summed E-state index contributed by atoms with van der Waals surface area (Å²) < 4.78 is 14.5. The van der Waals surface area contributed by atoms with E-state index in [2.05, 4.69) is 35.1 Å². The summed E-state index contributed by atoms with van der Waals surface area (Å²) in [7, 11) is 0. The molecule has 1 aromatic rings. The molecule has 15 heavy (non-hydrogen) atoms. The van der Waals surface area contributed by atoms with Crippen molar-refractivity contribution >= 4 is 15.9 Å². The molecule has 3 heteroatoms. The van der Waals surface area contributed by atoms with Crippen LogP contribution in [0.1, 0.15) is 31.0 Å². The summed E-state index contributed by atoms with van der Waals surface area (Å²) in [5, 5.41) is 3.44. The van der Waals surface area contributed by atoms with Gasteiger partial charge in [0.25, 0.3) is 0 Å². The van der Waals surface area contributed by atoms with Crippen molar-refractivity contribution in [3.8, 4) is 0 Å². The SMILES string of the molecule is CC(C)C1NCCc2c(F)cc(Br)cc21. The van der Waals surface area contributed by atoms with E-state index in [0.717, 1.165) is 28.6 Å². The fourth-order valence-corrected chi connectivity index (χ4v) is 2.67. The van der Waals surface area contributed by atoms with Crippen LogP contribution in [0.5, 0.6) is 0 Å². The summed E-state index contributed by atoms with van der Waals surface area (Å²) in [6.07, 6.45) is 0.789. The first kappa shape index (κ1) is 11.1. The molecule has 0 aromatic heterocycles. The molecule has 0 amide bonds. The van der Waals surface area contributed by atoms with E-state index in [9.17, 15) is 4.39 Å². The Balaban J connectivity index is 2.50. The van der Waals surface area contributed by atoms with Crippen molar-refractivity contribution in [2.75, 3.05) is 6.54 Å². The second-order valence-corrected chi connectivity index (χ2v) is 5.30. The lowest BCUT2D eigenvalue weighted by Gasteiger charge is -2.30. The van der Waals surface area contributed by atoms with Crippen LogP contribution in [-0.2, 0) is 6.42 Å². The molecule has 0 bridgehead atoms. The number of rotatable bonds is 1. The summed E-state index contributed by atoms with van der Waals surface area (Å²) in [6.45, 7) is 5.19. The zero-order valence-electron chi connectivity index (χ0n) is 8.98. The Labute approximate surface area is 98.2 Å². The Hall–Kier alpha value is -0.410. The van der Waals surface area contributed by atoms with Crippen LogP contribution in [-0.4, -0.2) is 6.54 Å². The molecule has 1 N–H and O–H groups in total. The van der Waals surface area contributed by atoms with E-state index in [1.165, 1.54) is 0 Å².